The third-order valence-electron chi connectivity index (χ3n) is 3.67. The summed E-state index contributed by atoms with van der Waals surface area (Å²) >= 11 is 0. The van der Waals surface area contributed by atoms with Crippen molar-refractivity contribution in [3.05, 3.63) is 35.1 Å². The predicted molar refractivity (Wildman–Crippen MR) is 75.4 cm³/mol. The molecule has 1 saturated heterocycles. The number of nitrogens with zero attached hydrogens (tertiary/aromatic N) is 1. The van der Waals surface area contributed by atoms with Crippen LogP contribution in [0.4, 0.5) is 4.39 Å². The molecular weight excluding hydrogens is 257 g/mol. The maximum atomic E-state index is 13.5. The molecule has 20 heavy (non-hydrogen) atoms. The third-order valence-corrected chi connectivity index (χ3v) is 3.67. The molecule has 108 valence electrons. The van der Waals surface area contributed by atoms with Gasteiger partial charge in [0.2, 0.25) is 0 Å². The van der Waals surface area contributed by atoms with Crippen molar-refractivity contribution in [3.63, 3.8) is 0 Å². The normalized spacial score (nSPS) is 20.5. The van der Waals surface area contributed by atoms with Gasteiger partial charge < -0.3 is 10.2 Å². The molecule has 1 heterocycles. The Balaban J connectivity index is 2.04. The minimum Gasteiger partial charge on any atom is -0.393 e. The highest BCUT2D eigenvalue weighted by molar-refractivity contribution is 5.37. The lowest BCUT2D eigenvalue weighted by atomic mass is 10.0. The lowest BCUT2D eigenvalue weighted by Gasteiger charge is -2.17. The molecule has 1 aliphatic heterocycles. The first kappa shape index (κ1) is 15.0. The van der Waals surface area contributed by atoms with Gasteiger partial charge in [-0.2, -0.15) is 0 Å². The van der Waals surface area contributed by atoms with Crippen LogP contribution in [-0.2, 0) is 6.54 Å². The third kappa shape index (κ3) is 4.04. The summed E-state index contributed by atoms with van der Waals surface area (Å²) in [5.41, 5.74) is 1.46. The minimum atomic E-state index is -0.309. The number of halogens is 1. The molecule has 2 unspecified atom stereocenters. The number of aliphatic hydroxyl groups is 2. The Hall–Kier alpha value is -1.41. The summed E-state index contributed by atoms with van der Waals surface area (Å²) in [7, 11) is 0. The number of rotatable bonds is 3. The van der Waals surface area contributed by atoms with E-state index in [2.05, 4.69) is 16.7 Å². The Morgan fingerprint density at radius 3 is 2.90 bits per heavy atom. The van der Waals surface area contributed by atoms with Crippen molar-refractivity contribution in [2.75, 3.05) is 19.7 Å². The van der Waals surface area contributed by atoms with Crippen LogP contribution in [0, 0.1) is 23.6 Å². The quantitative estimate of drug-likeness (QED) is 0.820. The molecule has 0 aliphatic carbocycles. The molecule has 3 nitrogen and oxygen atoms in total. The van der Waals surface area contributed by atoms with Crippen molar-refractivity contribution >= 4 is 0 Å². The van der Waals surface area contributed by atoms with E-state index < -0.39 is 0 Å². The van der Waals surface area contributed by atoms with Crippen molar-refractivity contribution < 1.29 is 14.6 Å². The van der Waals surface area contributed by atoms with Crippen molar-refractivity contribution in [2.24, 2.45) is 5.92 Å². The molecule has 0 saturated carbocycles. The van der Waals surface area contributed by atoms with Gasteiger partial charge in [-0.15, -0.1) is 0 Å². The van der Waals surface area contributed by atoms with Gasteiger partial charge in [0.05, 0.1) is 6.10 Å². The summed E-state index contributed by atoms with van der Waals surface area (Å²) in [5.74, 6) is 5.25. The first-order valence-corrected chi connectivity index (χ1v) is 6.88. The molecule has 1 aromatic rings. The van der Waals surface area contributed by atoms with Crippen LogP contribution in [0.1, 0.15) is 24.5 Å². The molecule has 2 atom stereocenters. The lowest BCUT2D eigenvalue weighted by Crippen LogP contribution is -2.24. The molecular formula is C16H20FNO2. The van der Waals surface area contributed by atoms with Crippen LogP contribution in [0.3, 0.4) is 0 Å². The average Bonchev–Trinajstić information content (AvgIpc) is 2.84. The number of aliphatic hydroxyl groups excluding tert-OH is 2. The van der Waals surface area contributed by atoms with Gasteiger partial charge in [0.25, 0.3) is 0 Å². The first-order chi connectivity index (χ1) is 9.58. The fourth-order valence-corrected chi connectivity index (χ4v) is 2.61. The summed E-state index contributed by atoms with van der Waals surface area (Å²) in [4.78, 5) is 2.22. The van der Waals surface area contributed by atoms with E-state index in [1.807, 2.05) is 13.0 Å². The lowest BCUT2D eigenvalue weighted by molar-refractivity contribution is 0.127. The van der Waals surface area contributed by atoms with Gasteiger partial charge in [0, 0.05) is 18.7 Å². The van der Waals surface area contributed by atoms with E-state index in [9.17, 15) is 9.50 Å². The minimum absolute atomic E-state index is 0.228. The topological polar surface area (TPSA) is 43.7 Å². The molecule has 0 radical (unpaired) electrons. The standard InChI is InChI=1S/C16H20FNO2/c1-12(20)15-4-5-18(11-15)10-14-7-13(3-2-6-19)8-16(17)9-14/h7-9,12,15,19-20H,4-6,10-11H2,1H3. The van der Waals surface area contributed by atoms with Gasteiger partial charge in [0.15, 0.2) is 0 Å². The van der Waals surface area contributed by atoms with Crippen molar-refractivity contribution in [2.45, 2.75) is 26.0 Å². The average molecular weight is 277 g/mol. The maximum Gasteiger partial charge on any atom is 0.124 e. The van der Waals surface area contributed by atoms with Crippen LogP contribution >= 0.6 is 0 Å². The Morgan fingerprint density at radius 1 is 1.45 bits per heavy atom. The molecule has 4 heteroatoms. The summed E-state index contributed by atoms with van der Waals surface area (Å²) in [6.07, 6.45) is 0.683. The highest BCUT2D eigenvalue weighted by Gasteiger charge is 2.25. The first-order valence-electron chi connectivity index (χ1n) is 6.88. The van der Waals surface area contributed by atoms with Crippen molar-refractivity contribution in [1.29, 1.82) is 0 Å². The predicted octanol–water partition coefficient (Wildman–Crippen LogP) is 1.37. The van der Waals surface area contributed by atoms with Crippen LogP contribution < -0.4 is 0 Å². The maximum absolute atomic E-state index is 13.5. The number of hydrogen-bond acceptors (Lipinski definition) is 3. The summed E-state index contributed by atoms with van der Waals surface area (Å²) in [6.45, 7) is 4.01. The summed E-state index contributed by atoms with van der Waals surface area (Å²) in [5, 5.41) is 18.3. The second kappa shape index (κ2) is 6.85. The molecule has 1 aromatic carbocycles. The fourth-order valence-electron chi connectivity index (χ4n) is 2.61. The zero-order valence-corrected chi connectivity index (χ0v) is 11.6. The summed E-state index contributed by atoms with van der Waals surface area (Å²) < 4.78 is 13.5. The number of hydrogen-bond donors (Lipinski definition) is 2. The van der Waals surface area contributed by atoms with Gasteiger partial charge in [-0.25, -0.2) is 4.39 Å². The Labute approximate surface area is 119 Å². The molecule has 1 aliphatic rings. The molecule has 0 amide bonds. The van der Waals surface area contributed by atoms with Crippen LogP contribution in [0.5, 0.6) is 0 Å². The fraction of sp³-hybridized carbons (Fsp3) is 0.500. The van der Waals surface area contributed by atoms with E-state index in [0.29, 0.717) is 18.0 Å². The van der Waals surface area contributed by atoms with E-state index in [0.717, 1.165) is 25.1 Å². The van der Waals surface area contributed by atoms with E-state index in [-0.39, 0.29) is 18.5 Å². The van der Waals surface area contributed by atoms with E-state index in [1.165, 1.54) is 12.1 Å². The van der Waals surface area contributed by atoms with Crippen LogP contribution in [0.15, 0.2) is 18.2 Å². The summed E-state index contributed by atoms with van der Waals surface area (Å²) in [6, 6.07) is 4.73. The second-order valence-corrected chi connectivity index (χ2v) is 5.33. The van der Waals surface area contributed by atoms with Gasteiger partial charge in [0.1, 0.15) is 12.4 Å². The van der Waals surface area contributed by atoms with E-state index in [1.54, 1.807) is 0 Å². The smallest absolute Gasteiger partial charge is 0.124 e. The van der Waals surface area contributed by atoms with Gasteiger partial charge in [-0.3, -0.25) is 4.90 Å². The van der Waals surface area contributed by atoms with Crippen molar-refractivity contribution in [1.82, 2.24) is 4.90 Å². The Bertz CT molecular complexity index is 519. The van der Waals surface area contributed by atoms with Crippen molar-refractivity contribution in [3.8, 4) is 11.8 Å². The van der Waals surface area contributed by atoms with Gasteiger partial charge >= 0.3 is 0 Å². The Kier molecular flexibility index (Phi) is 5.13. The van der Waals surface area contributed by atoms with Crippen LogP contribution in [-0.4, -0.2) is 40.9 Å². The second-order valence-electron chi connectivity index (χ2n) is 5.33. The SMILES string of the molecule is CC(O)C1CCN(Cc2cc(F)cc(C#CCO)c2)C1. The van der Waals surface area contributed by atoms with Gasteiger partial charge in [-0.1, -0.05) is 11.8 Å². The largest absolute Gasteiger partial charge is 0.393 e. The molecule has 0 bridgehead atoms. The molecule has 2 N–H and O–H groups in total. The van der Waals surface area contributed by atoms with Crippen LogP contribution in [0.25, 0.3) is 0 Å². The van der Waals surface area contributed by atoms with Gasteiger partial charge in [-0.05, 0) is 49.6 Å². The highest BCUT2D eigenvalue weighted by atomic mass is 19.1. The van der Waals surface area contributed by atoms with Crippen LogP contribution in [0.2, 0.25) is 0 Å². The van der Waals surface area contributed by atoms with E-state index >= 15 is 0 Å². The van der Waals surface area contributed by atoms with E-state index in [4.69, 9.17) is 5.11 Å². The monoisotopic (exact) mass is 277 g/mol. The molecule has 0 spiro atoms. The Morgan fingerprint density at radius 2 is 2.25 bits per heavy atom. The number of likely N-dealkylation sites (tertiary alicyclic amines) is 1. The molecule has 0 aromatic heterocycles. The molecule has 2 rings (SSSR count). The molecule has 1 fully saturated rings. The zero-order valence-electron chi connectivity index (χ0n) is 11.6. The zero-order chi connectivity index (χ0) is 14.5. The number of benzene rings is 1. The highest BCUT2D eigenvalue weighted by Crippen LogP contribution is 2.22.